The highest BCUT2D eigenvalue weighted by atomic mass is 16.2. The average molecular weight is 264 g/mol. The van der Waals surface area contributed by atoms with E-state index in [1.54, 1.807) is 0 Å². The van der Waals surface area contributed by atoms with E-state index >= 15 is 0 Å². The zero-order valence-electron chi connectivity index (χ0n) is 12.0. The zero-order chi connectivity index (χ0) is 14.0. The fourth-order valence-electron chi connectivity index (χ4n) is 2.48. The fraction of sp³-hybridized carbons (Fsp3) is 0.714. The molecule has 106 valence electrons. The summed E-state index contributed by atoms with van der Waals surface area (Å²) < 4.78 is 0. The molecule has 5 heteroatoms. The number of carbonyl (C=O) groups excluding carboxylic acids is 1. The molecule has 0 bridgehead atoms. The van der Waals surface area contributed by atoms with Gasteiger partial charge in [0.15, 0.2) is 0 Å². The summed E-state index contributed by atoms with van der Waals surface area (Å²) in [6, 6.07) is 1.86. The van der Waals surface area contributed by atoms with Gasteiger partial charge in [0.05, 0.1) is 5.54 Å². The van der Waals surface area contributed by atoms with Gasteiger partial charge in [0.1, 0.15) is 5.69 Å². The monoisotopic (exact) mass is 264 g/mol. The summed E-state index contributed by atoms with van der Waals surface area (Å²) in [6.45, 7) is 6.66. The van der Waals surface area contributed by atoms with E-state index in [9.17, 15) is 4.79 Å². The van der Waals surface area contributed by atoms with Crippen molar-refractivity contribution in [2.75, 3.05) is 6.54 Å². The summed E-state index contributed by atoms with van der Waals surface area (Å²) in [6.07, 6.45) is 3.24. The number of aromatic nitrogens is 2. The number of hydrogen-bond acceptors (Lipinski definition) is 3. The average Bonchev–Trinajstić information content (AvgIpc) is 3.06. The maximum absolute atomic E-state index is 12.2. The summed E-state index contributed by atoms with van der Waals surface area (Å²) in [7, 11) is 0. The van der Waals surface area contributed by atoms with Gasteiger partial charge in [-0.2, -0.15) is 5.10 Å². The molecule has 1 unspecified atom stereocenters. The Labute approximate surface area is 114 Å². The van der Waals surface area contributed by atoms with Gasteiger partial charge in [0.2, 0.25) is 0 Å². The molecule has 4 N–H and O–H groups in total. The SMILES string of the molecule is CC(C)CC(C)(CN)NC(=O)c1cc(C2CC2)[nH]n1. The normalized spacial score (nSPS) is 18.4. The Hall–Kier alpha value is -1.36. The van der Waals surface area contributed by atoms with Crippen LogP contribution < -0.4 is 11.1 Å². The van der Waals surface area contributed by atoms with E-state index in [1.165, 1.54) is 12.8 Å². The van der Waals surface area contributed by atoms with E-state index < -0.39 is 0 Å². The van der Waals surface area contributed by atoms with Crippen LogP contribution >= 0.6 is 0 Å². The summed E-state index contributed by atoms with van der Waals surface area (Å²) >= 11 is 0. The number of H-pyrrole nitrogens is 1. The quantitative estimate of drug-likeness (QED) is 0.732. The number of amides is 1. The predicted molar refractivity (Wildman–Crippen MR) is 74.9 cm³/mol. The van der Waals surface area contributed by atoms with Gasteiger partial charge in [0, 0.05) is 18.2 Å². The molecule has 1 atom stereocenters. The Morgan fingerprint density at radius 1 is 1.63 bits per heavy atom. The van der Waals surface area contributed by atoms with Crippen LogP contribution in [0, 0.1) is 5.92 Å². The number of nitrogens with two attached hydrogens (primary N) is 1. The van der Waals surface area contributed by atoms with Crippen molar-refractivity contribution in [1.29, 1.82) is 0 Å². The molecule has 0 aliphatic heterocycles. The van der Waals surface area contributed by atoms with E-state index in [-0.39, 0.29) is 11.4 Å². The van der Waals surface area contributed by atoms with Crippen molar-refractivity contribution in [3.8, 4) is 0 Å². The number of carbonyl (C=O) groups is 1. The first-order valence-corrected chi connectivity index (χ1v) is 7.01. The minimum Gasteiger partial charge on any atom is -0.344 e. The van der Waals surface area contributed by atoms with Crippen molar-refractivity contribution < 1.29 is 4.79 Å². The molecule has 1 aliphatic rings. The Morgan fingerprint density at radius 3 is 2.84 bits per heavy atom. The maximum Gasteiger partial charge on any atom is 0.272 e. The molecule has 0 aromatic carbocycles. The third-order valence-corrected chi connectivity index (χ3v) is 3.57. The van der Waals surface area contributed by atoms with Crippen LogP contribution in [0.2, 0.25) is 0 Å². The van der Waals surface area contributed by atoms with E-state index in [4.69, 9.17) is 5.73 Å². The molecule has 19 heavy (non-hydrogen) atoms. The zero-order valence-corrected chi connectivity index (χ0v) is 12.0. The second-order valence-corrected chi connectivity index (χ2v) is 6.30. The number of nitrogens with one attached hydrogen (secondary N) is 2. The molecule has 1 amide bonds. The van der Waals surface area contributed by atoms with Crippen molar-refractivity contribution in [1.82, 2.24) is 15.5 Å². The molecule has 0 saturated heterocycles. The van der Waals surface area contributed by atoms with Gasteiger partial charge in [-0.15, -0.1) is 0 Å². The van der Waals surface area contributed by atoms with Crippen LogP contribution in [0.5, 0.6) is 0 Å². The molecule has 5 nitrogen and oxygen atoms in total. The minimum atomic E-state index is -0.371. The Kier molecular flexibility index (Phi) is 3.94. The highest BCUT2D eigenvalue weighted by Crippen LogP contribution is 2.39. The molecule has 2 rings (SSSR count). The first-order valence-electron chi connectivity index (χ1n) is 7.01. The second-order valence-electron chi connectivity index (χ2n) is 6.30. The van der Waals surface area contributed by atoms with Gasteiger partial charge < -0.3 is 11.1 Å². The Bertz CT molecular complexity index is 450. The van der Waals surface area contributed by atoms with E-state index in [0.29, 0.717) is 24.1 Å². The first kappa shape index (κ1) is 14.1. The van der Waals surface area contributed by atoms with Gasteiger partial charge >= 0.3 is 0 Å². The van der Waals surface area contributed by atoms with Gasteiger partial charge in [0.25, 0.3) is 5.91 Å². The third kappa shape index (κ3) is 3.56. The lowest BCUT2D eigenvalue weighted by molar-refractivity contribution is 0.0893. The highest BCUT2D eigenvalue weighted by Gasteiger charge is 2.29. The molecular weight excluding hydrogens is 240 g/mol. The maximum atomic E-state index is 12.2. The molecule has 1 aromatic heterocycles. The van der Waals surface area contributed by atoms with Crippen LogP contribution in [-0.2, 0) is 0 Å². The van der Waals surface area contributed by atoms with Crippen LogP contribution in [0.1, 0.15) is 62.1 Å². The molecule has 1 aromatic rings. The number of hydrogen-bond donors (Lipinski definition) is 3. The molecule has 1 saturated carbocycles. The third-order valence-electron chi connectivity index (χ3n) is 3.57. The lowest BCUT2D eigenvalue weighted by Crippen LogP contribution is -2.52. The molecule has 0 spiro atoms. The molecule has 1 fully saturated rings. The van der Waals surface area contributed by atoms with Gasteiger partial charge in [-0.25, -0.2) is 0 Å². The minimum absolute atomic E-state index is 0.142. The largest absolute Gasteiger partial charge is 0.344 e. The summed E-state index contributed by atoms with van der Waals surface area (Å²) in [5.74, 6) is 0.914. The smallest absolute Gasteiger partial charge is 0.272 e. The molecule has 1 heterocycles. The van der Waals surface area contributed by atoms with Crippen LogP contribution in [0.15, 0.2) is 6.07 Å². The van der Waals surface area contributed by atoms with Crippen molar-refractivity contribution >= 4 is 5.91 Å². The van der Waals surface area contributed by atoms with E-state index in [1.807, 2.05) is 13.0 Å². The van der Waals surface area contributed by atoms with Crippen molar-refractivity contribution in [2.24, 2.45) is 11.7 Å². The van der Waals surface area contributed by atoms with Crippen molar-refractivity contribution in [2.45, 2.75) is 51.5 Å². The summed E-state index contributed by atoms with van der Waals surface area (Å²) in [4.78, 5) is 12.2. The van der Waals surface area contributed by atoms with Crippen LogP contribution in [0.4, 0.5) is 0 Å². The summed E-state index contributed by atoms with van der Waals surface area (Å²) in [5, 5.41) is 10.1. The first-order chi connectivity index (χ1) is 8.93. The molecular formula is C14H24N4O. The Balaban J connectivity index is 2.01. The number of nitrogens with zero attached hydrogens (tertiary/aromatic N) is 1. The molecule has 0 radical (unpaired) electrons. The van der Waals surface area contributed by atoms with Crippen LogP contribution in [-0.4, -0.2) is 28.2 Å². The number of rotatable bonds is 6. The van der Waals surface area contributed by atoms with E-state index in [0.717, 1.165) is 12.1 Å². The van der Waals surface area contributed by atoms with Gasteiger partial charge in [-0.3, -0.25) is 9.89 Å². The van der Waals surface area contributed by atoms with Crippen molar-refractivity contribution in [3.05, 3.63) is 17.5 Å². The van der Waals surface area contributed by atoms with E-state index in [2.05, 4.69) is 29.4 Å². The summed E-state index contributed by atoms with van der Waals surface area (Å²) in [5.41, 5.74) is 6.97. The van der Waals surface area contributed by atoms with Crippen LogP contribution in [0.25, 0.3) is 0 Å². The second kappa shape index (κ2) is 5.33. The fourth-order valence-corrected chi connectivity index (χ4v) is 2.48. The highest BCUT2D eigenvalue weighted by molar-refractivity contribution is 5.92. The van der Waals surface area contributed by atoms with Crippen molar-refractivity contribution in [3.63, 3.8) is 0 Å². The van der Waals surface area contributed by atoms with Gasteiger partial charge in [-0.1, -0.05) is 13.8 Å². The van der Waals surface area contributed by atoms with Gasteiger partial charge in [-0.05, 0) is 38.2 Å². The lowest BCUT2D eigenvalue weighted by atomic mass is 9.90. The predicted octanol–water partition coefficient (Wildman–Crippen LogP) is 1.78. The Morgan fingerprint density at radius 2 is 2.32 bits per heavy atom. The molecule has 1 aliphatic carbocycles. The topological polar surface area (TPSA) is 83.8 Å². The standard InChI is InChI=1S/C14H24N4O/c1-9(2)7-14(3,8-15)16-13(19)12-6-11(17-18-12)10-4-5-10/h6,9-10H,4-5,7-8,15H2,1-3H3,(H,16,19)(H,17,18). The van der Waals surface area contributed by atoms with Crippen LogP contribution in [0.3, 0.4) is 0 Å². The lowest BCUT2D eigenvalue weighted by Gasteiger charge is -2.30. The number of aromatic amines is 1.